The first-order valence-corrected chi connectivity index (χ1v) is 8.93. The Labute approximate surface area is 159 Å². The summed E-state index contributed by atoms with van der Waals surface area (Å²) >= 11 is 0. The molecule has 2 saturated heterocycles. The second-order valence-corrected chi connectivity index (χ2v) is 7.07. The van der Waals surface area contributed by atoms with Crippen LogP contribution in [0.4, 0.5) is 0 Å². The van der Waals surface area contributed by atoms with Crippen LogP contribution in [-0.2, 0) is 4.74 Å². The molecule has 0 radical (unpaired) electrons. The summed E-state index contributed by atoms with van der Waals surface area (Å²) in [5.41, 5.74) is 0.254. The molecule has 0 spiro atoms. The van der Waals surface area contributed by atoms with E-state index in [-0.39, 0.29) is 29.5 Å². The van der Waals surface area contributed by atoms with Crippen LogP contribution in [0.2, 0.25) is 0 Å². The number of guanidine groups is 1. The van der Waals surface area contributed by atoms with E-state index < -0.39 is 0 Å². The fraction of sp³-hybridized carbons (Fsp3) is 0.941. The van der Waals surface area contributed by atoms with Gasteiger partial charge in [0.05, 0.1) is 0 Å². The number of nitrogens with zero attached hydrogens (tertiary/aromatic N) is 2. The van der Waals surface area contributed by atoms with Crippen LogP contribution in [0.1, 0.15) is 46.0 Å². The van der Waals surface area contributed by atoms with E-state index in [9.17, 15) is 0 Å². The van der Waals surface area contributed by atoms with E-state index in [0.29, 0.717) is 0 Å². The highest BCUT2D eigenvalue weighted by molar-refractivity contribution is 14.0. The van der Waals surface area contributed by atoms with Gasteiger partial charge in [0.25, 0.3) is 0 Å². The maximum absolute atomic E-state index is 5.61. The van der Waals surface area contributed by atoms with Crippen LogP contribution in [0.3, 0.4) is 0 Å². The Balaban J connectivity index is 0.00000264. The van der Waals surface area contributed by atoms with E-state index in [0.717, 1.165) is 51.0 Å². The molecule has 0 atom stereocenters. The van der Waals surface area contributed by atoms with Gasteiger partial charge >= 0.3 is 0 Å². The van der Waals surface area contributed by atoms with Crippen molar-refractivity contribution in [1.82, 2.24) is 15.5 Å². The Morgan fingerprint density at radius 2 is 1.83 bits per heavy atom. The summed E-state index contributed by atoms with van der Waals surface area (Å²) in [6.07, 6.45) is 6.10. The Hall–Kier alpha value is -0.0800. The number of halogens is 1. The van der Waals surface area contributed by atoms with Crippen molar-refractivity contribution >= 4 is 29.9 Å². The smallest absolute Gasteiger partial charge is 0.191 e. The van der Waals surface area contributed by atoms with E-state index in [1.54, 1.807) is 0 Å². The third-order valence-corrected chi connectivity index (χ3v) is 5.02. The van der Waals surface area contributed by atoms with Crippen molar-refractivity contribution in [3.8, 4) is 0 Å². The monoisotopic (exact) mass is 438 g/mol. The highest BCUT2D eigenvalue weighted by Crippen LogP contribution is 2.30. The van der Waals surface area contributed by atoms with Gasteiger partial charge in [0, 0.05) is 38.9 Å². The maximum atomic E-state index is 5.61. The van der Waals surface area contributed by atoms with Gasteiger partial charge in [-0.3, -0.25) is 9.89 Å². The molecule has 136 valence electrons. The molecule has 23 heavy (non-hydrogen) atoms. The van der Waals surface area contributed by atoms with Crippen molar-refractivity contribution in [2.24, 2.45) is 10.9 Å². The molecule has 5 nitrogen and oxygen atoms in total. The van der Waals surface area contributed by atoms with Gasteiger partial charge in [-0.1, -0.05) is 13.8 Å². The molecular formula is C17H35IN4O. The lowest BCUT2D eigenvalue weighted by atomic mass is 9.88. The number of rotatable bonds is 6. The van der Waals surface area contributed by atoms with Crippen molar-refractivity contribution < 1.29 is 4.74 Å². The molecule has 0 saturated carbocycles. The van der Waals surface area contributed by atoms with Crippen molar-refractivity contribution in [2.75, 3.05) is 46.4 Å². The molecule has 0 aliphatic carbocycles. The SMILES string of the molecule is CN=C(NCCC(C)C)NCC1(N2CCCC2)CCOCC1.I. The number of likely N-dealkylation sites (tertiary alicyclic amines) is 1. The molecule has 2 fully saturated rings. The number of hydrogen-bond acceptors (Lipinski definition) is 3. The van der Waals surface area contributed by atoms with E-state index >= 15 is 0 Å². The van der Waals surface area contributed by atoms with Crippen LogP contribution in [0.5, 0.6) is 0 Å². The van der Waals surface area contributed by atoms with Gasteiger partial charge < -0.3 is 15.4 Å². The molecule has 2 aliphatic rings. The van der Waals surface area contributed by atoms with Gasteiger partial charge in [0.15, 0.2) is 5.96 Å². The molecule has 6 heteroatoms. The van der Waals surface area contributed by atoms with E-state index in [1.165, 1.54) is 32.4 Å². The lowest BCUT2D eigenvalue weighted by Gasteiger charge is -2.45. The molecule has 0 aromatic rings. The van der Waals surface area contributed by atoms with E-state index in [2.05, 4.69) is 34.4 Å². The number of aliphatic imine (C=N–C) groups is 1. The van der Waals surface area contributed by atoms with Crippen LogP contribution in [0, 0.1) is 5.92 Å². The number of hydrogen-bond donors (Lipinski definition) is 2. The standard InChI is InChI=1S/C17H34N4O.HI/c1-15(2)6-9-19-16(18-3)20-14-17(7-12-22-13-8-17)21-10-4-5-11-21;/h15H,4-14H2,1-3H3,(H2,18,19,20);1H. The third-order valence-electron chi connectivity index (χ3n) is 5.02. The summed E-state index contributed by atoms with van der Waals surface area (Å²) in [7, 11) is 1.86. The van der Waals surface area contributed by atoms with Gasteiger partial charge in [-0.05, 0) is 51.1 Å². The molecule has 0 unspecified atom stereocenters. The minimum absolute atomic E-state index is 0. The Morgan fingerprint density at radius 1 is 1.17 bits per heavy atom. The quantitative estimate of drug-likeness (QED) is 0.380. The van der Waals surface area contributed by atoms with Gasteiger partial charge in [0.1, 0.15) is 0 Å². The second-order valence-electron chi connectivity index (χ2n) is 7.07. The molecule has 2 aliphatic heterocycles. The van der Waals surface area contributed by atoms with Crippen molar-refractivity contribution in [3.05, 3.63) is 0 Å². The Bertz CT molecular complexity index is 351. The molecule has 2 N–H and O–H groups in total. The second kappa shape index (κ2) is 10.7. The zero-order chi connectivity index (χ0) is 15.8. The molecule has 0 bridgehead atoms. The van der Waals surface area contributed by atoms with Gasteiger partial charge in [-0.15, -0.1) is 24.0 Å². The van der Waals surface area contributed by atoms with Crippen LogP contribution in [0.25, 0.3) is 0 Å². The summed E-state index contributed by atoms with van der Waals surface area (Å²) in [4.78, 5) is 7.06. The maximum Gasteiger partial charge on any atom is 0.191 e. The molecular weight excluding hydrogens is 403 g/mol. The zero-order valence-corrected chi connectivity index (χ0v) is 17.4. The normalized spacial score (nSPS) is 22.0. The van der Waals surface area contributed by atoms with Crippen LogP contribution >= 0.6 is 24.0 Å². The largest absolute Gasteiger partial charge is 0.381 e. The highest BCUT2D eigenvalue weighted by Gasteiger charge is 2.39. The minimum atomic E-state index is 0. The fourth-order valence-corrected chi connectivity index (χ4v) is 3.50. The highest BCUT2D eigenvalue weighted by atomic mass is 127. The molecule has 0 aromatic heterocycles. The summed E-state index contributed by atoms with van der Waals surface area (Å²) in [6, 6.07) is 0. The number of nitrogens with one attached hydrogen (secondary N) is 2. The Kier molecular flexibility index (Phi) is 9.77. The minimum Gasteiger partial charge on any atom is -0.381 e. The van der Waals surface area contributed by atoms with E-state index in [4.69, 9.17) is 4.74 Å². The molecule has 2 rings (SSSR count). The van der Waals surface area contributed by atoms with Crippen LogP contribution in [0.15, 0.2) is 4.99 Å². The lowest BCUT2D eigenvalue weighted by molar-refractivity contribution is -0.0164. The molecule has 2 heterocycles. The van der Waals surface area contributed by atoms with Gasteiger partial charge in [-0.25, -0.2) is 0 Å². The topological polar surface area (TPSA) is 48.9 Å². The van der Waals surface area contributed by atoms with Crippen molar-refractivity contribution in [1.29, 1.82) is 0 Å². The first-order valence-electron chi connectivity index (χ1n) is 8.93. The Morgan fingerprint density at radius 3 is 2.39 bits per heavy atom. The van der Waals surface area contributed by atoms with Gasteiger partial charge in [-0.2, -0.15) is 0 Å². The summed E-state index contributed by atoms with van der Waals surface area (Å²) < 4.78 is 5.61. The fourth-order valence-electron chi connectivity index (χ4n) is 3.50. The lowest BCUT2D eigenvalue weighted by Crippen LogP contribution is -2.58. The summed E-state index contributed by atoms with van der Waals surface area (Å²) in [5, 5.41) is 7.01. The van der Waals surface area contributed by atoms with Crippen LogP contribution < -0.4 is 10.6 Å². The third kappa shape index (κ3) is 6.38. The first kappa shape index (κ1) is 21.0. The van der Waals surface area contributed by atoms with E-state index in [1.807, 2.05) is 7.05 Å². The van der Waals surface area contributed by atoms with Crippen molar-refractivity contribution in [2.45, 2.75) is 51.5 Å². The summed E-state index contributed by atoms with van der Waals surface area (Å²) in [6.45, 7) is 10.7. The van der Waals surface area contributed by atoms with Crippen molar-refractivity contribution in [3.63, 3.8) is 0 Å². The molecule has 0 amide bonds. The average Bonchev–Trinajstić information content (AvgIpc) is 3.06. The predicted octanol–water partition coefficient (Wildman–Crippen LogP) is 2.46. The molecule has 0 aromatic carbocycles. The summed E-state index contributed by atoms with van der Waals surface area (Å²) in [5.74, 6) is 1.66. The number of ether oxygens (including phenoxy) is 1. The zero-order valence-electron chi connectivity index (χ0n) is 15.1. The van der Waals surface area contributed by atoms with Crippen LogP contribution in [-0.4, -0.2) is 62.8 Å². The first-order chi connectivity index (χ1) is 10.7. The average molecular weight is 438 g/mol. The van der Waals surface area contributed by atoms with Gasteiger partial charge in [0.2, 0.25) is 0 Å². The predicted molar refractivity (Wildman–Crippen MR) is 108 cm³/mol.